The second-order valence-electron chi connectivity index (χ2n) is 6.00. The fraction of sp³-hybridized carbons (Fsp3) is 0.111. The molecule has 26 heavy (non-hydrogen) atoms. The molecule has 0 amide bonds. The van der Waals surface area contributed by atoms with E-state index in [2.05, 4.69) is 15.3 Å². The lowest BCUT2D eigenvalue weighted by Crippen LogP contribution is -2.16. The molecule has 0 aliphatic heterocycles. The second kappa shape index (κ2) is 7.36. The van der Waals surface area contributed by atoms with E-state index in [0.29, 0.717) is 16.8 Å². The molecular formula is C18H15Cl2FN3OP. The van der Waals surface area contributed by atoms with Crippen molar-refractivity contribution in [3.63, 3.8) is 0 Å². The maximum atomic E-state index is 15.3. The summed E-state index contributed by atoms with van der Waals surface area (Å²) in [6.45, 7) is 3.03. The molecule has 0 bridgehead atoms. The van der Waals surface area contributed by atoms with Crippen LogP contribution in [0.1, 0.15) is 0 Å². The highest BCUT2D eigenvalue weighted by Gasteiger charge is 2.25. The van der Waals surface area contributed by atoms with E-state index in [1.54, 1.807) is 24.3 Å². The zero-order valence-corrected chi connectivity index (χ0v) is 16.4. The molecule has 0 atom stereocenters. The molecule has 0 fully saturated rings. The Kier molecular flexibility index (Phi) is 5.33. The smallest absolute Gasteiger partial charge is 0.224 e. The van der Waals surface area contributed by atoms with Crippen LogP contribution in [0.25, 0.3) is 11.1 Å². The number of anilines is 2. The molecule has 0 unspecified atom stereocenters. The third-order valence-electron chi connectivity index (χ3n) is 3.71. The van der Waals surface area contributed by atoms with Crippen LogP contribution < -0.4 is 10.6 Å². The standard InChI is InChI=1S/C18H15Cl2FN3OP/c1-26(2,25)16-14(23-17-13(19)10-22-18(20)24-17)9-8-12(15(16)21)11-6-4-3-5-7-11/h3-10H,1-2H3,(H,22,23,24). The highest BCUT2D eigenvalue weighted by Crippen LogP contribution is 2.42. The van der Waals surface area contributed by atoms with E-state index in [9.17, 15) is 4.57 Å². The number of nitrogens with zero attached hydrogens (tertiary/aromatic N) is 2. The van der Waals surface area contributed by atoms with Crippen molar-refractivity contribution in [1.29, 1.82) is 0 Å². The van der Waals surface area contributed by atoms with Crippen LogP contribution in [0.2, 0.25) is 10.3 Å². The average Bonchev–Trinajstić information content (AvgIpc) is 2.58. The molecule has 1 heterocycles. The van der Waals surface area contributed by atoms with E-state index in [1.165, 1.54) is 19.5 Å². The minimum Gasteiger partial charge on any atom is -0.338 e. The summed E-state index contributed by atoms with van der Waals surface area (Å²) in [5, 5.41) is 3.24. The number of hydrogen-bond acceptors (Lipinski definition) is 4. The fourth-order valence-corrected chi connectivity index (χ4v) is 4.17. The largest absolute Gasteiger partial charge is 0.338 e. The first-order valence-corrected chi connectivity index (χ1v) is 11.0. The van der Waals surface area contributed by atoms with Crippen LogP contribution in [0.5, 0.6) is 0 Å². The summed E-state index contributed by atoms with van der Waals surface area (Å²) in [6, 6.07) is 12.4. The highest BCUT2D eigenvalue weighted by atomic mass is 35.5. The predicted octanol–water partition coefficient (Wildman–Crippen LogP) is 5.58. The van der Waals surface area contributed by atoms with Crippen LogP contribution in [-0.2, 0) is 4.57 Å². The predicted molar refractivity (Wildman–Crippen MR) is 106 cm³/mol. The third kappa shape index (κ3) is 3.90. The topological polar surface area (TPSA) is 54.9 Å². The Hall–Kier alpha value is -1.94. The van der Waals surface area contributed by atoms with Crippen molar-refractivity contribution < 1.29 is 8.96 Å². The minimum absolute atomic E-state index is 0.00370. The monoisotopic (exact) mass is 409 g/mol. The molecule has 3 rings (SSSR count). The van der Waals surface area contributed by atoms with Gasteiger partial charge in [-0.15, -0.1) is 0 Å². The van der Waals surface area contributed by atoms with Gasteiger partial charge in [-0.2, -0.15) is 4.98 Å². The summed E-state index contributed by atoms with van der Waals surface area (Å²) < 4.78 is 28.1. The Morgan fingerprint density at radius 2 is 1.77 bits per heavy atom. The van der Waals surface area contributed by atoms with Gasteiger partial charge in [-0.25, -0.2) is 9.37 Å². The van der Waals surface area contributed by atoms with Crippen molar-refractivity contribution in [2.75, 3.05) is 18.6 Å². The van der Waals surface area contributed by atoms with Gasteiger partial charge in [0.25, 0.3) is 0 Å². The highest BCUT2D eigenvalue weighted by molar-refractivity contribution is 7.70. The van der Waals surface area contributed by atoms with Gasteiger partial charge in [-0.05, 0) is 42.6 Å². The lowest BCUT2D eigenvalue weighted by atomic mass is 10.0. The van der Waals surface area contributed by atoms with Crippen LogP contribution in [-0.4, -0.2) is 23.3 Å². The molecule has 1 N–H and O–H groups in total. The van der Waals surface area contributed by atoms with Crippen molar-refractivity contribution in [1.82, 2.24) is 9.97 Å². The van der Waals surface area contributed by atoms with E-state index in [4.69, 9.17) is 23.2 Å². The van der Waals surface area contributed by atoms with Crippen molar-refractivity contribution >= 4 is 47.2 Å². The van der Waals surface area contributed by atoms with Gasteiger partial charge in [-0.1, -0.05) is 41.9 Å². The van der Waals surface area contributed by atoms with E-state index < -0.39 is 13.0 Å². The van der Waals surface area contributed by atoms with Crippen LogP contribution in [0.4, 0.5) is 15.9 Å². The van der Waals surface area contributed by atoms with Crippen LogP contribution in [0.15, 0.2) is 48.7 Å². The molecule has 134 valence electrons. The van der Waals surface area contributed by atoms with Gasteiger partial charge in [0.2, 0.25) is 5.28 Å². The molecular weight excluding hydrogens is 395 g/mol. The summed E-state index contributed by atoms with van der Waals surface area (Å²) >= 11 is 11.9. The van der Waals surface area contributed by atoms with Gasteiger partial charge in [0.05, 0.1) is 17.2 Å². The summed E-state index contributed by atoms with van der Waals surface area (Å²) in [7, 11) is -2.96. The molecule has 0 spiro atoms. The van der Waals surface area contributed by atoms with Crippen molar-refractivity contribution in [3.8, 4) is 11.1 Å². The molecule has 4 nitrogen and oxygen atoms in total. The molecule has 8 heteroatoms. The van der Waals surface area contributed by atoms with E-state index in [0.717, 1.165) is 0 Å². The maximum Gasteiger partial charge on any atom is 0.224 e. The number of hydrogen-bond donors (Lipinski definition) is 1. The molecule has 2 aromatic carbocycles. The lowest BCUT2D eigenvalue weighted by Gasteiger charge is -2.18. The normalized spacial score (nSPS) is 11.4. The fourth-order valence-electron chi connectivity index (χ4n) is 2.59. The molecule has 0 saturated carbocycles. The summed E-state index contributed by atoms with van der Waals surface area (Å²) in [4.78, 5) is 7.78. The van der Waals surface area contributed by atoms with Gasteiger partial charge in [-0.3, -0.25) is 0 Å². The zero-order chi connectivity index (χ0) is 18.9. The average molecular weight is 410 g/mol. The van der Waals surface area contributed by atoms with Crippen molar-refractivity contribution in [2.24, 2.45) is 0 Å². The number of rotatable bonds is 4. The Labute approximate surface area is 160 Å². The third-order valence-corrected chi connectivity index (χ3v) is 5.68. The zero-order valence-electron chi connectivity index (χ0n) is 14.0. The minimum atomic E-state index is -2.96. The van der Waals surface area contributed by atoms with Gasteiger partial charge in [0.15, 0.2) is 5.82 Å². The molecule has 0 saturated heterocycles. The Bertz CT molecular complexity index is 1010. The summed E-state index contributed by atoms with van der Waals surface area (Å²) in [5.41, 5.74) is 1.41. The molecule has 0 aliphatic carbocycles. The molecule has 0 radical (unpaired) electrons. The van der Waals surface area contributed by atoms with Gasteiger partial charge < -0.3 is 9.88 Å². The molecule has 1 aromatic heterocycles. The van der Waals surface area contributed by atoms with Gasteiger partial charge >= 0.3 is 0 Å². The quantitative estimate of drug-likeness (QED) is 0.451. The Morgan fingerprint density at radius 3 is 2.42 bits per heavy atom. The summed E-state index contributed by atoms with van der Waals surface area (Å²) in [5.74, 6) is -0.320. The second-order valence-corrected chi connectivity index (χ2v) is 9.89. The van der Waals surface area contributed by atoms with E-state index in [-0.39, 0.29) is 21.4 Å². The SMILES string of the molecule is CP(C)(=O)c1c(Nc2nc(Cl)ncc2Cl)ccc(-c2ccccc2)c1F. The maximum absolute atomic E-state index is 15.3. The van der Waals surface area contributed by atoms with Crippen LogP contribution in [0, 0.1) is 5.82 Å². The molecule has 0 aliphatic rings. The first-order chi connectivity index (χ1) is 12.3. The number of aromatic nitrogens is 2. The number of benzene rings is 2. The first kappa shape index (κ1) is 18.8. The number of nitrogens with one attached hydrogen (secondary N) is 1. The van der Waals surface area contributed by atoms with Crippen molar-refractivity contribution in [2.45, 2.75) is 0 Å². The number of halogens is 3. The van der Waals surface area contributed by atoms with Crippen LogP contribution >= 0.6 is 30.3 Å². The molecule has 3 aromatic rings. The van der Waals surface area contributed by atoms with E-state index >= 15 is 4.39 Å². The Morgan fingerprint density at radius 1 is 1.08 bits per heavy atom. The van der Waals surface area contributed by atoms with Crippen LogP contribution in [0.3, 0.4) is 0 Å². The van der Waals surface area contributed by atoms with E-state index in [1.807, 2.05) is 18.2 Å². The van der Waals surface area contributed by atoms with Gasteiger partial charge in [0, 0.05) is 5.56 Å². The Balaban J connectivity index is 2.16. The van der Waals surface area contributed by atoms with Crippen molar-refractivity contribution in [3.05, 3.63) is 64.8 Å². The van der Waals surface area contributed by atoms with Gasteiger partial charge in [0.1, 0.15) is 18.0 Å². The summed E-state index contributed by atoms with van der Waals surface area (Å²) in [6.07, 6.45) is 1.34. The lowest BCUT2D eigenvalue weighted by molar-refractivity contribution is 0.585. The first-order valence-electron chi connectivity index (χ1n) is 7.66.